The number of hydrogen-bond acceptors (Lipinski definition) is 6. The molecule has 0 aliphatic heterocycles. The number of unbranched alkanes of at least 4 members (excludes halogenated alkanes) is 1. The number of benzene rings is 1. The average molecular weight is 358 g/mol. The van der Waals surface area contributed by atoms with Crippen molar-refractivity contribution in [3.05, 3.63) is 41.3 Å². The third-order valence-electron chi connectivity index (χ3n) is 3.81. The first-order valence-electron chi connectivity index (χ1n) is 8.66. The first-order chi connectivity index (χ1) is 12.6. The molecule has 0 saturated heterocycles. The normalized spacial score (nSPS) is 10.3. The molecule has 140 valence electrons. The highest BCUT2D eigenvalue weighted by Crippen LogP contribution is 2.27. The zero-order chi connectivity index (χ0) is 18.9. The van der Waals surface area contributed by atoms with Gasteiger partial charge in [-0.05, 0) is 31.0 Å². The highest BCUT2D eigenvalue weighted by Gasteiger charge is 2.10. The number of aryl methyl sites for hydroxylation is 1. The molecule has 0 saturated carbocycles. The number of rotatable bonds is 9. The van der Waals surface area contributed by atoms with E-state index in [0.717, 1.165) is 18.4 Å². The van der Waals surface area contributed by atoms with Crippen molar-refractivity contribution in [2.24, 2.45) is 0 Å². The van der Waals surface area contributed by atoms with Crippen molar-refractivity contribution in [1.82, 2.24) is 15.3 Å². The lowest BCUT2D eigenvalue weighted by Gasteiger charge is -2.11. The van der Waals surface area contributed by atoms with Crippen molar-refractivity contribution in [3.63, 3.8) is 0 Å². The number of ether oxygens (including phenoxy) is 2. The van der Waals surface area contributed by atoms with E-state index in [9.17, 15) is 4.79 Å². The number of carbonyl (C=O) groups is 1. The van der Waals surface area contributed by atoms with Gasteiger partial charge in [-0.3, -0.25) is 4.79 Å². The van der Waals surface area contributed by atoms with Crippen LogP contribution in [0.4, 0.5) is 5.82 Å². The standard InChI is InChI=1S/C19H26N4O3/c1-5-6-9-20-19(24)15-11-18(23-13(2)22-15)21-12-14-7-8-16(25-3)17(10-14)26-4/h7-8,10-11H,5-6,9,12H2,1-4H3,(H,20,24)(H,21,22,23). The number of nitrogens with one attached hydrogen (secondary N) is 2. The van der Waals surface area contributed by atoms with Crippen LogP contribution in [0.1, 0.15) is 41.6 Å². The molecule has 7 heteroatoms. The molecule has 2 rings (SSSR count). The van der Waals surface area contributed by atoms with Crippen molar-refractivity contribution in [2.75, 3.05) is 26.1 Å². The van der Waals surface area contributed by atoms with Crippen molar-refractivity contribution in [3.8, 4) is 11.5 Å². The predicted octanol–water partition coefficient (Wildman–Crippen LogP) is 2.94. The zero-order valence-corrected chi connectivity index (χ0v) is 15.8. The van der Waals surface area contributed by atoms with E-state index in [1.165, 1.54) is 0 Å². The Labute approximate surface area is 154 Å². The number of anilines is 1. The van der Waals surface area contributed by atoms with Gasteiger partial charge in [0.2, 0.25) is 0 Å². The van der Waals surface area contributed by atoms with Gasteiger partial charge in [0.05, 0.1) is 14.2 Å². The topological polar surface area (TPSA) is 85.4 Å². The van der Waals surface area contributed by atoms with E-state index < -0.39 is 0 Å². The minimum Gasteiger partial charge on any atom is -0.493 e. The van der Waals surface area contributed by atoms with E-state index in [1.54, 1.807) is 27.2 Å². The van der Waals surface area contributed by atoms with Crippen LogP contribution in [-0.4, -0.2) is 36.6 Å². The molecule has 2 N–H and O–H groups in total. The summed E-state index contributed by atoms with van der Waals surface area (Å²) in [5.74, 6) is 2.32. The Kier molecular flexibility index (Phi) is 7.20. The Morgan fingerprint density at radius 3 is 2.58 bits per heavy atom. The fraction of sp³-hybridized carbons (Fsp3) is 0.421. The van der Waals surface area contributed by atoms with Crippen LogP contribution in [0.25, 0.3) is 0 Å². The number of hydrogen-bond donors (Lipinski definition) is 2. The maximum atomic E-state index is 12.2. The van der Waals surface area contributed by atoms with Crippen LogP contribution in [0, 0.1) is 6.92 Å². The molecule has 0 spiro atoms. The Morgan fingerprint density at radius 2 is 1.88 bits per heavy atom. The van der Waals surface area contributed by atoms with Crippen molar-refractivity contribution in [2.45, 2.75) is 33.2 Å². The lowest BCUT2D eigenvalue weighted by molar-refractivity contribution is 0.0948. The van der Waals surface area contributed by atoms with Gasteiger partial charge >= 0.3 is 0 Å². The molecule has 0 unspecified atom stereocenters. The summed E-state index contributed by atoms with van der Waals surface area (Å²) in [6.07, 6.45) is 1.97. The summed E-state index contributed by atoms with van der Waals surface area (Å²) in [6.45, 7) is 5.03. The van der Waals surface area contributed by atoms with Crippen LogP contribution < -0.4 is 20.1 Å². The van der Waals surface area contributed by atoms with E-state index in [1.807, 2.05) is 18.2 Å². The van der Waals surface area contributed by atoms with Gasteiger partial charge in [0.15, 0.2) is 11.5 Å². The molecule has 0 bridgehead atoms. The summed E-state index contributed by atoms with van der Waals surface area (Å²) >= 11 is 0. The molecule has 0 fully saturated rings. The van der Waals surface area contributed by atoms with Crippen LogP contribution in [-0.2, 0) is 6.54 Å². The summed E-state index contributed by atoms with van der Waals surface area (Å²) in [5.41, 5.74) is 1.37. The van der Waals surface area contributed by atoms with Crippen molar-refractivity contribution in [1.29, 1.82) is 0 Å². The maximum absolute atomic E-state index is 12.2. The molecule has 0 aliphatic carbocycles. The number of nitrogens with zero attached hydrogens (tertiary/aromatic N) is 2. The Hall–Kier alpha value is -2.83. The molecular weight excluding hydrogens is 332 g/mol. The first-order valence-corrected chi connectivity index (χ1v) is 8.66. The second-order valence-corrected chi connectivity index (χ2v) is 5.84. The van der Waals surface area contributed by atoms with Gasteiger partial charge in [-0.1, -0.05) is 19.4 Å². The third kappa shape index (κ3) is 5.34. The van der Waals surface area contributed by atoms with Crippen LogP contribution >= 0.6 is 0 Å². The van der Waals surface area contributed by atoms with E-state index in [0.29, 0.717) is 41.9 Å². The lowest BCUT2D eigenvalue weighted by atomic mass is 10.2. The number of amides is 1. The lowest BCUT2D eigenvalue weighted by Crippen LogP contribution is -2.25. The van der Waals surface area contributed by atoms with Gasteiger partial charge in [-0.25, -0.2) is 9.97 Å². The van der Waals surface area contributed by atoms with Crippen molar-refractivity contribution < 1.29 is 14.3 Å². The molecule has 7 nitrogen and oxygen atoms in total. The van der Waals surface area contributed by atoms with Gasteiger partial charge in [-0.2, -0.15) is 0 Å². The Balaban J connectivity index is 2.06. The fourth-order valence-corrected chi connectivity index (χ4v) is 2.43. The molecule has 0 radical (unpaired) electrons. The van der Waals surface area contributed by atoms with Gasteiger partial charge in [0, 0.05) is 19.2 Å². The van der Waals surface area contributed by atoms with Gasteiger partial charge in [0.25, 0.3) is 5.91 Å². The Morgan fingerprint density at radius 1 is 1.12 bits per heavy atom. The molecule has 26 heavy (non-hydrogen) atoms. The highest BCUT2D eigenvalue weighted by atomic mass is 16.5. The molecule has 1 amide bonds. The first kappa shape index (κ1) is 19.5. The van der Waals surface area contributed by atoms with Crippen LogP contribution in [0.15, 0.2) is 24.3 Å². The highest BCUT2D eigenvalue weighted by molar-refractivity contribution is 5.92. The Bertz CT molecular complexity index is 750. The van der Waals surface area contributed by atoms with Crippen LogP contribution in [0.2, 0.25) is 0 Å². The molecular formula is C19H26N4O3. The molecule has 1 heterocycles. The van der Waals surface area contributed by atoms with Gasteiger partial charge in [-0.15, -0.1) is 0 Å². The van der Waals surface area contributed by atoms with E-state index in [4.69, 9.17) is 9.47 Å². The van der Waals surface area contributed by atoms with Crippen LogP contribution in [0.5, 0.6) is 11.5 Å². The summed E-state index contributed by atoms with van der Waals surface area (Å²) in [6, 6.07) is 7.36. The molecule has 1 aromatic heterocycles. The average Bonchev–Trinajstić information content (AvgIpc) is 2.65. The number of aromatic nitrogens is 2. The minimum absolute atomic E-state index is 0.182. The van der Waals surface area contributed by atoms with Crippen molar-refractivity contribution >= 4 is 11.7 Å². The van der Waals surface area contributed by atoms with E-state index >= 15 is 0 Å². The quantitative estimate of drug-likeness (QED) is 0.671. The number of methoxy groups -OCH3 is 2. The summed E-state index contributed by atoms with van der Waals surface area (Å²) in [5, 5.41) is 6.09. The maximum Gasteiger partial charge on any atom is 0.270 e. The molecule has 0 atom stereocenters. The SMILES string of the molecule is CCCCNC(=O)c1cc(NCc2ccc(OC)c(OC)c2)nc(C)n1. The second kappa shape index (κ2) is 9.60. The molecule has 1 aromatic carbocycles. The smallest absolute Gasteiger partial charge is 0.270 e. The van der Waals surface area contributed by atoms with Gasteiger partial charge in [0.1, 0.15) is 17.3 Å². The predicted molar refractivity (Wildman–Crippen MR) is 101 cm³/mol. The fourth-order valence-electron chi connectivity index (χ4n) is 2.43. The van der Waals surface area contributed by atoms with E-state index in [-0.39, 0.29) is 5.91 Å². The van der Waals surface area contributed by atoms with Crippen LogP contribution in [0.3, 0.4) is 0 Å². The summed E-state index contributed by atoms with van der Waals surface area (Å²) < 4.78 is 10.6. The van der Waals surface area contributed by atoms with Gasteiger partial charge < -0.3 is 20.1 Å². The minimum atomic E-state index is -0.182. The number of carbonyl (C=O) groups excluding carboxylic acids is 1. The zero-order valence-electron chi connectivity index (χ0n) is 15.8. The third-order valence-corrected chi connectivity index (χ3v) is 3.81. The largest absolute Gasteiger partial charge is 0.493 e. The second-order valence-electron chi connectivity index (χ2n) is 5.84. The summed E-state index contributed by atoms with van der Waals surface area (Å²) in [7, 11) is 3.21. The molecule has 0 aliphatic rings. The molecule has 2 aromatic rings. The van der Waals surface area contributed by atoms with E-state index in [2.05, 4.69) is 27.5 Å². The monoisotopic (exact) mass is 358 g/mol. The summed E-state index contributed by atoms with van der Waals surface area (Å²) in [4.78, 5) is 20.8.